The molecule has 1 aliphatic heterocycles. The van der Waals surface area contributed by atoms with Gasteiger partial charge < -0.3 is 15.0 Å². The van der Waals surface area contributed by atoms with Gasteiger partial charge >= 0.3 is 6.03 Å². The number of nitrogens with zero attached hydrogens (tertiary/aromatic N) is 2. The van der Waals surface area contributed by atoms with Crippen molar-refractivity contribution in [1.82, 2.24) is 15.2 Å². The van der Waals surface area contributed by atoms with Crippen molar-refractivity contribution < 1.29 is 9.53 Å². The van der Waals surface area contributed by atoms with Crippen LogP contribution >= 0.6 is 0 Å². The molecule has 0 bridgehead atoms. The van der Waals surface area contributed by atoms with Crippen molar-refractivity contribution in [3.8, 4) is 0 Å². The van der Waals surface area contributed by atoms with Crippen LogP contribution in [0.4, 0.5) is 4.79 Å². The minimum atomic E-state index is 0.0823. The molecular weight excluding hydrogens is 290 g/mol. The summed E-state index contributed by atoms with van der Waals surface area (Å²) in [6, 6.07) is 4.64. The Bertz CT molecular complexity index is 542. The van der Waals surface area contributed by atoms with Gasteiger partial charge in [-0.15, -0.1) is 0 Å². The molecule has 2 atom stereocenters. The predicted molar refractivity (Wildman–Crippen MR) is 87.1 cm³/mol. The number of urea groups is 1. The van der Waals surface area contributed by atoms with Crippen molar-refractivity contribution in [1.29, 1.82) is 0 Å². The van der Waals surface area contributed by atoms with Gasteiger partial charge in [-0.25, -0.2) is 4.79 Å². The van der Waals surface area contributed by atoms with Gasteiger partial charge in [0.25, 0.3) is 0 Å². The number of likely N-dealkylation sites (tertiary alicyclic amines) is 1. The number of amides is 2. The molecule has 3 aliphatic rings. The molecule has 0 unspecified atom stereocenters. The van der Waals surface area contributed by atoms with Crippen molar-refractivity contribution in [2.45, 2.75) is 56.7 Å². The molecular formula is C18H25N3O2. The molecule has 1 aromatic heterocycles. The third kappa shape index (κ3) is 3.83. The summed E-state index contributed by atoms with van der Waals surface area (Å²) < 4.78 is 6.17. The van der Waals surface area contributed by atoms with Crippen LogP contribution < -0.4 is 5.32 Å². The monoisotopic (exact) mass is 315 g/mol. The zero-order valence-electron chi connectivity index (χ0n) is 13.5. The number of rotatable bonds is 6. The highest BCUT2D eigenvalue weighted by Crippen LogP contribution is 2.32. The molecule has 0 spiro atoms. The number of ether oxygens (including phenoxy) is 1. The minimum absolute atomic E-state index is 0.0823. The average molecular weight is 315 g/mol. The topological polar surface area (TPSA) is 54.5 Å². The van der Waals surface area contributed by atoms with Crippen LogP contribution in [0.5, 0.6) is 0 Å². The van der Waals surface area contributed by atoms with Crippen LogP contribution in [0.15, 0.2) is 24.5 Å². The third-order valence-corrected chi connectivity index (χ3v) is 5.06. The van der Waals surface area contributed by atoms with E-state index in [-0.39, 0.29) is 18.2 Å². The second-order valence-corrected chi connectivity index (χ2v) is 7.15. The fraction of sp³-hybridized carbons (Fsp3) is 0.667. The van der Waals surface area contributed by atoms with Crippen molar-refractivity contribution in [3.05, 3.63) is 30.1 Å². The number of pyridine rings is 1. The summed E-state index contributed by atoms with van der Waals surface area (Å²) in [5, 5.41) is 3.13. The van der Waals surface area contributed by atoms with E-state index in [1.54, 1.807) is 6.20 Å². The molecule has 2 amide bonds. The maximum absolute atomic E-state index is 12.5. The van der Waals surface area contributed by atoms with E-state index in [0.29, 0.717) is 6.04 Å². The minimum Gasteiger partial charge on any atom is -0.376 e. The normalized spacial score (nSPS) is 27.2. The van der Waals surface area contributed by atoms with Crippen LogP contribution in [-0.4, -0.2) is 47.3 Å². The smallest absolute Gasteiger partial charge is 0.317 e. The first-order chi connectivity index (χ1) is 11.3. The Morgan fingerprint density at radius 1 is 1.30 bits per heavy atom. The number of nitrogens with one attached hydrogen (secondary N) is 1. The van der Waals surface area contributed by atoms with Crippen molar-refractivity contribution >= 4 is 6.03 Å². The van der Waals surface area contributed by atoms with Crippen molar-refractivity contribution in [2.75, 3.05) is 13.2 Å². The number of hydrogen-bond acceptors (Lipinski definition) is 3. The highest BCUT2D eigenvalue weighted by Gasteiger charge is 2.40. The second-order valence-electron chi connectivity index (χ2n) is 7.15. The van der Waals surface area contributed by atoms with Crippen LogP contribution in [0.3, 0.4) is 0 Å². The summed E-state index contributed by atoms with van der Waals surface area (Å²) >= 11 is 0. The summed E-state index contributed by atoms with van der Waals surface area (Å²) in [7, 11) is 0. The number of carbonyl (C=O) groups excluding carboxylic acids is 1. The van der Waals surface area contributed by atoms with Gasteiger partial charge in [0.15, 0.2) is 0 Å². The van der Waals surface area contributed by atoms with Crippen LogP contribution in [0, 0.1) is 5.92 Å². The molecule has 2 saturated carbocycles. The Labute approximate surface area is 137 Å². The summed E-state index contributed by atoms with van der Waals surface area (Å²) in [6.45, 7) is 1.64. The van der Waals surface area contributed by atoms with Crippen LogP contribution in [-0.2, 0) is 11.2 Å². The SMILES string of the molecule is O=C(NC1CC1)N1CC[C@H](OCC2CC2)[C@@H]1Cc1cccnc1. The molecule has 1 aromatic rings. The van der Waals surface area contributed by atoms with E-state index in [9.17, 15) is 4.79 Å². The highest BCUT2D eigenvalue weighted by atomic mass is 16.5. The second kappa shape index (κ2) is 6.48. The largest absolute Gasteiger partial charge is 0.376 e. The molecule has 3 fully saturated rings. The number of carbonyl (C=O) groups is 1. The van der Waals surface area contributed by atoms with E-state index < -0.39 is 0 Å². The molecule has 2 aliphatic carbocycles. The van der Waals surface area contributed by atoms with Gasteiger partial charge in [-0.3, -0.25) is 4.98 Å². The molecule has 0 aromatic carbocycles. The summed E-state index contributed by atoms with van der Waals surface area (Å²) in [4.78, 5) is 18.7. The Morgan fingerprint density at radius 2 is 2.17 bits per heavy atom. The van der Waals surface area contributed by atoms with E-state index in [1.807, 2.05) is 17.2 Å². The van der Waals surface area contributed by atoms with E-state index in [2.05, 4.69) is 16.4 Å². The van der Waals surface area contributed by atoms with E-state index in [0.717, 1.165) is 44.8 Å². The molecule has 124 valence electrons. The van der Waals surface area contributed by atoms with Crippen molar-refractivity contribution in [3.63, 3.8) is 0 Å². The van der Waals surface area contributed by atoms with Gasteiger partial charge in [0.1, 0.15) is 0 Å². The Morgan fingerprint density at radius 3 is 2.87 bits per heavy atom. The lowest BCUT2D eigenvalue weighted by molar-refractivity contribution is 0.0259. The quantitative estimate of drug-likeness (QED) is 0.877. The van der Waals surface area contributed by atoms with Crippen LogP contribution in [0.1, 0.15) is 37.7 Å². The Kier molecular flexibility index (Phi) is 4.21. The first-order valence-electron chi connectivity index (χ1n) is 8.87. The zero-order valence-corrected chi connectivity index (χ0v) is 13.5. The van der Waals surface area contributed by atoms with Gasteiger partial charge in [-0.05, 0) is 56.1 Å². The highest BCUT2D eigenvalue weighted by molar-refractivity contribution is 5.75. The van der Waals surface area contributed by atoms with E-state index in [4.69, 9.17) is 4.74 Å². The zero-order chi connectivity index (χ0) is 15.6. The van der Waals surface area contributed by atoms with Crippen LogP contribution in [0.25, 0.3) is 0 Å². The fourth-order valence-corrected chi connectivity index (χ4v) is 3.30. The number of hydrogen-bond donors (Lipinski definition) is 1. The molecule has 5 heteroatoms. The molecule has 1 N–H and O–H groups in total. The molecule has 2 heterocycles. The van der Waals surface area contributed by atoms with E-state index in [1.165, 1.54) is 18.4 Å². The van der Waals surface area contributed by atoms with Crippen molar-refractivity contribution in [2.24, 2.45) is 5.92 Å². The standard InChI is InChI=1S/C18H25N3O2/c22-18(20-15-5-6-15)21-9-7-17(23-12-13-3-4-13)16(21)10-14-2-1-8-19-11-14/h1-2,8,11,13,15-17H,3-7,9-10,12H2,(H,20,22)/t16-,17-/m0/s1. The first-order valence-corrected chi connectivity index (χ1v) is 8.87. The van der Waals surface area contributed by atoms with Gasteiger partial charge in [0.05, 0.1) is 12.1 Å². The lowest BCUT2D eigenvalue weighted by Gasteiger charge is -2.28. The Hall–Kier alpha value is -1.62. The van der Waals surface area contributed by atoms with Gasteiger partial charge in [0, 0.05) is 31.6 Å². The maximum atomic E-state index is 12.5. The lowest BCUT2D eigenvalue weighted by atomic mass is 10.0. The van der Waals surface area contributed by atoms with Gasteiger partial charge in [-0.2, -0.15) is 0 Å². The first kappa shape index (κ1) is 14.9. The molecule has 1 saturated heterocycles. The molecule has 0 radical (unpaired) electrons. The lowest BCUT2D eigenvalue weighted by Crippen LogP contribution is -2.47. The molecule has 4 rings (SSSR count). The molecule has 5 nitrogen and oxygen atoms in total. The summed E-state index contributed by atoms with van der Waals surface area (Å²) in [5.74, 6) is 0.753. The molecule has 23 heavy (non-hydrogen) atoms. The average Bonchev–Trinajstić information content (AvgIpc) is 3.48. The van der Waals surface area contributed by atoms with Gasteiger partial charge in [-0.1, -0.05) is 6.07 Å². The summed E-state index contributed by atoms with van der Waals surface area (Å²) in [5.41, 5.74) is 1.17. The van der Waals surface area contributed by atoms with E-state index >= 15 is 0 Å². The maximum Gasteiger partial charge on any atom is 0.317 e. The number of aromatic nitrogens is 1. The Balaban J connectivity index is 1.44. The van der Waals surface area contributed by atoms with Gasteiger partial charge in [0.2, 0.25) is 0 Å². The predicted octanol–water partition coefficient (Wildman–Crippen LogP) is 2.37. The van der Waals surface area contributed by atoms with Crippen LogP contribution in [0.2, 0.25) is 0 Å². The summed E-state index contributed by atoms with van der Waals surface area (Å²) in [6.07, 6.45) is 10.4. The third-order valence-electron chi connectivity index (χ3n) is 5.06. The fourth-order valence-electron chi connectivity index (χ4n) is 3.30.